The van der Waals surface area contributed by atoms with E-state index in [9.17, 15) is 10.2 Å². The fraction of sp³-hybridized carbons (Fsp3) is 0.714. The van der Waals surface area contributed by atoms with E-state index in [-0.39, 0.29) is 0 Å². The first kappa shape index (κ1) is 15.6. The van der Waals surface area contributed by atoms with Crippen molar-refractivity contribution in [3.63, 3.8) is 0 Å². The van der Waals surface area contributed by atoms with Gasteiger partial charge in [-0.3, -0.25) is 0 Å². The van der Waals surface area contributed by atoms with Crippen LogP contribution in [0.15, 0.2) is 11.4 Å². The lowest BCUT2D eigenvalue weighted by molar-refractivity contribution is 0.0219. The highest BCUT2D eigenvalue weighted by molar-refractivity contribution is 7.10. The quantitative estimate of drug-likeness (QED) is 0.605. The predicted octanol–water partition coefficient (Wildman–Crippen LogP) is 2.48. The van der Waals surface area contributed by atoms with Gasteiger partial charge >= 0.3 is 0 Å². The van der Waals surface area contributed by atoms with Crippen LogP contribution in [0.1, 0.15) is 49.2 Å². The molecule has 1 aromatic heterocycles. The molecule has 0 radical (unpaired) electrons. The van der Waals surface area contributed by atoms with E-state index < -0.39 is 12.2 Å². The Morgan fingerprint density at radius 2 is 2.06 bits per heavy atom. The molecule has 1 heterocycles. The van der Waals surface area contributed by atoms with Gasteiger partial charge in [0.15, 0.2) is 0 Å². The van der Waals surface area contributed by atoms with Gasteiger partial charge in [-0.15, -0.1) is 11.3 Å². The number of aliphatic hydroxyl groups is 2. The van der Waals surface area contributed by atoms with E-state index in [1.54, 1.807) is 7.05 Å². The highest BCUT2D eigenvalue weighted by Gasteiger charge is 2.21. The molecule has 0 saturated heterocycles. The van der Waals surface area contributed by atoms with E-state index in [4.69, 9.17) is 0 Å². The summed E-state index contributed by atoms with van der Waals surface area (Å²) in [5.74, 6) is 0. The number of thiophene rings is 1. The van der Waals surface area contributed by atoms with Crippen LogP contribution in [-0.4, -0.2) is 29.9 Å². The van der Waals surface area contributed by atoms with Crippen LogP contribution in [0.5, 0.6) is 0 Å². The third-order valence-electron chi connectivity index (χ3n) is 3.13. The van der Waals surface area contributed by atoms with Crippen molar-refractivity contribution in [2.24, 2.45) is 0 Å². The minimum absolute atomic E-state index is 0.411. The molecule has 2 unspecified atom stereocenters. The summed E-state index contributed by atoms with van der Waals surface area (Å²) in [6, 6.07) is 2.07. The van der Waals surface area contributed by atoms with Crippen molar-refractivity contribution < 1.29 is 10.2 Å². The van der Waals surface area contributed by atoms with E-state index >= 15 is 0 Å². The first-order valence-corrected chi connectivity index (χ1v) is 7.65. The van der Waals surface area contributed by atoms with Gasteiger partial charge in [0.05, 0.1) is 6.10 Å². The standard InChI is InChI=1S/C14H25NO2S/c1-3-4-5-6-7-11-8-9-18-14(11)13(17)12(16)10-15-2/h8-9,12-13,15-17H,3-7,10H2,1-2H3. The summed E-state index contributed by atoms with van der Waals surface area (Å²) in [4.78, 5) is 0.925. The monoisotopic (exact) mass is 271 g/mol. The third kappa shape index (κ3) is 4.69. The topological polar surface area (TPSA) is 52.5 Å². The van der Waals surface area contributed by atoms with E-state index in [1.807, 2.05) is 5.38 Å². The molecule has 3 nitrogen and oxygen atoms in total. The number of nitrogens with one attached hydrogen (secondary N) is 1. The second-order valence-corrected chi connectivity index (χ2v) is 5.64. The molecule has 0 bridgehead atoms. The Bertz CT molecular complexity index is 327. The Kier molecular flexibility index (Phi) is 7.51. The normalized spacial score (nSPS) is 14.7. The van der Waals surface area contributed by atoms with E-state index in [0.717, 1.165) is 17.7 Å². The summed E-state index contributed by atoms with van der Waals surface area (Å²) in [6.45, 7) is 2.61. The number of aryl methyl sites for hydroxylation is 1. The summed E-state index contributed by atoms with van der Waals surface area (Å²) in [6.07, 6.45) is 4.40. The van der Waals surface area contributed by atoms with Gasteiger partial charge in [-0.25, -0.2) is 0 Å². The van der Waals surface area contributed by atoms with E-state index in [0.29, 0.717) is 6.54 Å². The molecule has 0 spiro atoms. The Labute approximate surface area is 114 Å². The zero-order valence-electron chi connectivity index (χ0n) is 11.4. The van der Waals surface area contributed by atoms with Crippen LogP contribution in [0.2, 0.25) is 0 Å². The zero-order chi connectivity index (χ0) is 13.4. The molecule has 18 heavy (non-hydrogen) atoms. The maximum atomic E-state index is 10.1. The van der Waals surface area contributed by atoms with Gasteiger partial charge in [-0.2, -0.15) is 0 Å². The van der Waals surface area contributed by atoms with Gasteiger partial charge in [0.2, 0.25) is 0 Å². The molecule has 0 amide bonds. The van der Waals surface area contributed by atoms with Crippen LogP contribution >= 0.6 is 11.3 Å². The molecule has 1 rings (SSSR count). The zero-order valence-corrected chi connectivity index (χ0v) is 12.2. The Hall–Kier alpha value is -0.420. The largest absolute Gasteiger partial charge is 0.389 e. The van der Waals surface area contributed by atoms with Gasteiger partial charge in [-0.1, -0.05) is 26.2 Å². The van der Waals surface area contributed by atoms with Crippen molar-refractivity contribution in [1.82, 2.24) is 5.32 Å². The smallest absolute Gasteiger partial charge is 0.115 e. The fourth-order valence-corrected chi connectivity index (χ4v) is 3.05. The van der Waals surface area contributed by atoms with Crippen molar-refractivity contribution in [2.75, 3.05) is 13.6 Å². The van der Waals surface area contributed by atoms with Gasteiger partial charge in [0.25, 0.3) is 0 Å². The lowest BCUT2D eigenvalue weighted by atomic mass is 10.0. The van der Waals surface area contributed by atoms with Gasteiger partial charge in [0.1, 0.15) is 6.10 Å². The van der Waals surface area contributed by atoms with Crippen LogP contribution in [0.3, 0.4) is 0 Å². The summed E-state index contributed by atoms with van der Waals surface area (Å²) >= 11 is 1.54. The lowest BCUT2D eigenvalue weighted by Gasteiger charge is -2.17. The maximum Gasteiger partial charge on any atom is 0.115 e. The number of unbranched alkanes of at least 4 members (excludes halogenated alkanes) is 3. The van der Waals surface area contributed by atoms with Gasteiger partial charge < -0.3 is 15.5 Å². The molecule has 0 aliphatic heterocycles. The average Bonchev–Trinajstić information content (AvgIpc) is 2.82. The summed E-state index contributed by atoms with van der Waals surface area (Å²) < 4.78 is 0. The molecular formula is C14H25NO2S. The second-order valence-electron chi connectivity index (χ2n) is 4.69. The summed E-state index contributed by atoms with van der Waals surface area (Å²) in [5.41, 5.74) is 1.19. The molecule has 104 valence electrons. The van der Waals surface area contributed by atoms with E-state index in [2.05, 4.69) is 18.3 Å². The average molecular weight is 271 g/mol. The number of aliphatic hydroxyl groups excluding tert-OH is 2. The molecule has 0 aliphatic carbocycles. The molecule has 3 N–H and O–H groups in total. The SMILES string of the molecule is CCCCCCc1ccsc1C(O)C(O)CNC. The van der Waals surface area contributed by atoms with Crippen LogP contribution < -0.4 is 5.32 Å². The number of rotatable bonds is 9. The van der Waals surface area contributed by atoms with Crippen molar-refractivity contribution in [2.45, 2.75) is 51.2 Å². The molecule has 0 aromatic carbocycles. The van der Waals surface area contributed by atoms with Crippen LogP contribution in [-0.2, 0) is 6.42 Å². The second kappa shape index (κ2) is 8.64. The van der Waals surface area contributed by atoms with E-state index in [1.165, 1.54) is 36.2 Å². The number of likely N-dealkylation sites (N-methyl/N-ethyl adjacent to an activating group) is 1. The first-order valence-electron chi connectivity index (χ1n) is 6.77. The third-order valence-corrected chi connectivity index (χ3v) is 4.16. The van der Waals surface area contributed by atoms with Gasteiger partial charge in [-0.05, 0) is 36.9 Å². The maximum absolute atomic E-state index is 10.1. The highest BCUT2D eigenvalue weighted by Crippen LogP contribution is 2.28. The van der Waals surface area contributed by atoms with Crippen molar-refractivity contribution in [1.29, 1.82) is 0 Å². The van der Waals surface area contributed by atoms with Crippen LogP contribution in [0.25, 0.3) is 0 Å². The Morgan fingerprint density at radius 3 is 2.72 bits per heavy atom. The number of hydrogen-bond donors (Lipinski definition) is 3. The molecule has 4 heteroatoms. The molecule has 2 atom stereocenters. The minimum atomic E-state index is -0.765. The molecule has 0 fully saturated rings. The molecule has 0 aliphatic rings. The molecular weight excluding hydrogens is 246 g/mol. The number of hydrogen-bond acceptors (Lipinski definition) is 4. The predicted molar refractivity (Wildman–Crippen MR) is 77.1 cm³/mol. The van der Waals surface area contributed by atoms with Crippen molar-refractivity contribution >= 4 is 11.3 Å². The van der Waals surface area contributed by atoms with Crippen molar-refractivity contribution in [3.05, 3.63) is 21.9 Å². The molecule has 0 saturated carbocycles. The summed E-state index contributed by atoms with van der Waals surface area (Å²) in [5, 5.41) is 24.8. The van der Waals surface area contributed by atoms with Gasteiger partial charge in [0, 0.05) is 11.4 Å². The Morgan fingerprint density at radius 1 is 1.28 bits per heavy atom. The first-order chi connectivity index (χ1) is 8.70. The molecule has 1 aromatic rings. The highest BCUT2D eigenvalue weighted by atomic mass is 32.1. The van der Waals surface area contributed by atoms with Crippen molar-refractivity contribution in [3.8, 4) is 0 Å². The Balaban J connectivity index is 2.52. The minimum Gasteiger partial charge on any atom is -0.389 e. The fourth-order valence-electron chi connectivity index (χ4n) is 2.05. The van der Waals surface area contributed by atoms with Crippen LogP contribution in [0.4, 0.5) is 0 Å². The van der Waals surface area contributed by atoms with Crippen LogP contribution in [0, 0.1) is 0 Å². The lowest BCUT2D eigenvalue weighted by Crippen LogP contribution is -2.29. The summed E-state index contributed by atoms with van der Waals surface area (Å²) in [7, 11) is 1.77.